The molecule has 23 heavy (non-hydrogen) atoms. The van der Waals surface area contributed by atoms with Crippen LogP contribution in [0.2, 0.25) is 5.02 Å². The van der Waals surface area contributed by atoms with E-state index in [1.807, 2.05) is 0 Å². The van der Waals surface area contributed by atoms with Gasteiger partial charge in [-0.3, -0.25) is 4.79 Å². The summed E-state index contributed by atoms with van der Waals surface area (Å²) in [5.74, 6) is 0.0620. The maximum Gasteiger partial charge on any atom is 0.243 e. The number of tetrazole rings is 1. The van der Waals surface area contributed by atoms with Crippen molar-refractivity contribution in [3.63, 3.8) is 0 Å². The lowest BCUT2D eigenvalue weighted by molar-refractivity contribution is -0.122. The molecule has 1 amide bonds. The Bertz CT molecular complexity index is 836. The van der Waals surface area contributed by atoms with Crippen LogP contribution in [0, 0.1) is 0 Å². The molecule has 1 saturated heterocycles. The topological polar surface area (TPSA) is 107 Å². The number of nitrogens with zero attached hydrogens (tertiary/aromatic N) is 4. The standard InChI is InChI=1S/C13H14ClN5O3S/c14-11-4-2-1-3-10(11)13-16-18-19(17-13)7-12(20)15-9-5-6-23(21,22)8-9/h1-4,9H,5-8H2,(H,15,20)/t9-/m1/s1. The predicted octanol–water partition coefficient (Wildman–Crippen LogP) is 0.297. The maximum atomic E-state index is 11.9. The molecule has 0 aliphatic carbocycles. The molecule has 0 spiro atoms. The largest absolute Gasteiger partial charge is 0.351 e. The van der Waals surface area contributed by atoms with Gasteiger partial charge in [0.15, 0.2) is 9.84 Å². The summed E-state index contributed by atoms with van der Waals surface area (Å²) in [6.07, 6.45) is 0.434. The minimum atomic E-state index is -3.03. The summed E-state index contributed by atoms with van der Waals surface area (Å²) in [6, 6.07) is 6.71. The summed E-state index contributed by atoms with van der Waals surface area (Å²) in [5, 5.41) is 15.0. The minimum Gasteiger partial charge on any atom is -0.351 e. The van der Waals surface area contributed by atoms with Crippen LogP contribution in [0.1, 0.15) is 6.42 Å². The number of carbonyl (C=O) groups is 1. The summed E-state index contributed by atoms with van der Waals surface area (Å²) in [4.78, 5) is 13.1. The highest BCUT2D eigenvalue weighted by atomic mass is 35.5. The molecule has 0 saturated carbocycles. The van der Waals surface area contributed by atoms with Crippen molar-refractivity contribution in [2.45, 2.75) is 19.0 Å². The monoisotopic (exact) mass is 355 g/mol. The van der Waals surface area contributed by atoms with Gasteiger partial charge in [0.2, 0.25) is 11.7 Å². The third-order valence-electron chi connectivity index (χ3n) is 3.45. The number of carbonyl (C=O) groups excluding carboxylic acids is 1. The van der Waals surface area contributed by atoms with E-state index in [2.05, 4.69) is 20.7 Å². The van der Waals surface area contributed by atoms with Crippen molar-refractivity contribution >= 4 is 27.3 Å². The number of nitrogens with one attached hydrogen (secondary N) is 1. The summed E-state index contributed by atoms with van der Waals surface area (Å²) in [5.41, 5.74) is 0.628. The van der Waals surface area contributed by atoms with Crippen LogP contribution in [-0.2, 0) is 21.2 Å². The third kappa shape index (κ3) is 3.85. The molecular weight excluding hydrogens is 342 g/mol. The first-order valence-corrected chi connectivity index (χ1v) is 9.15. The highest BCUT2D eigenvalue weighted by molar-refractivity contribution is 7.91. The highest BCUT2D eigenvalue weighted by Crippen LogP contribution is 2.23. The van der Waals surface area contributed by atoms with Crippen LogP contribution in [0.5, 0.6) is 0 Å². The molecule has 3 rings (SSSR count). The van der Waals surface area contributed by atoms with Gasteiger partial charge in [0.25, 0.3) is 0 Å². The number of rotatable bonds is 4. The fourth-order valence-electron chi connectivity index (χ4n) is 2.37. The Morgan fingerprint density at radius 3 is 2.87 bits per heavy atom. The molecule has 122 valence electrons. The van der Waals surface area contributed by atoms with Crippen LogP contribution >= 0.6 is 11.6 Å². The molecule has 0 unspecified atom stereocenters. The fourth-order valence-corrected chi connectivity index (χ4v) is 4.26. The Hall–Kier alpha value is -2.00. The first-order chi connectivity index (χ1) is 10.9. The van der Waals surface area contributed by atoms with Gasteiger partial charge in [-0.2, -0.15) is 4.80 Å². The molecule has 1 fully saturated rings. The Morgan fingerprint density at radius 2 is 2.17 bits per heavy atom. The van der Waals surface area contributed by atoms with E-state index in [0.717, 1.165) is 4.80 Å². The number of amides is 1. The molecule has 1 aliphatic heterocycles. The molecule has 1 aromatic carbocycles. The number of halogens is 1. The highest BCUT2D eigenvalue weighted by Gasteiger charge is 2.29. The van der Waals surface area contributed by atoms with Crippen LogP contribution in [-0.4, -0.2) is 52.1 Å². The molecule has 1 atom stereocenters. The van der Waals surface area contributed by atoms with Gasteiger partial charge in [0.1, 0.15) is 6.54 Å². The normalized spacial score (nSPS) is 19.6. The Morgan fingerprint density at radius 1 is 1.39 bits per heavy atom. The van der Waals surface area contributed by atoms with Gasteiger partial charge in [-0.05, 0) is 23.8 Å². The van der Waals surface area contributed by atoms with Gasteiger partial charge >= 0.3 is 0 Å². The first kappa shape index (κ1) is 15.9. The number of benzene rings is 1. The van der Waals surface area contributed by atoms with Crippen LogP contribution in [0.3, 0.4) is 0 Å². The average Bonchev–Trinajstić information content (AvgIpc) is 3.06. The Kier molecular flexibility index (Phi) is 4.31. The molecular formula is C13H14ClN5O3S. The van der Waals surface area contributed by atoms with Crippen molar-refractivity contribution in [3.05, 3.63) is 29.3 Å². The molecule has 1 aliphatic rings. The SMILES string of the molecule is O=C(Cn1nnc(-c2ccccc2Cl)n1)N[C@@H]1CCS(=O)(=O)C1. The van der Waals surface area contributed by atoms with Crippen LogP contribution < -0.4 is 5.32 Å². The van der Waals surface area contributed by atoms with Crippen molar-refractivity contribution in [2.75, 3.05) is 11.5 Å². The first-order valence-electron chi connectivity index (χ1n) is 6.95. The second-order valence-corrected chi connectivity index (χ2v) is 7.93. The predicted molar refractivity (Wildman–Crippen MR) is 83.5 cm³/mol. The summed E-state index contributed by atoms with van der Waals surface area (Å²) in [6.45, 7) is -0.131. The van der Waals surface area contributed by atoms with E-state index in [1.165, 1.54) is 0 Å². The minimum absolute atomic E-state index is 0.0194. The van der Waals surface area contributed by atoms with Crippen molar-refractivity contribution in [1.29, 1.82) is 0 Å². The Balaban J connectivity index is 1.63. The molecule has 1 aromatic heterocycles. The smallest absolute Gasteiger partial charge is 0.243 e. The lowest BCUT2D eigenvalue weighted by Crippen LogP contribution is -2.38. The van der Waals surface area contributed by atoms with Crippen molar-refractivity contribution in [3.8, 4) is 11.4 Å². The molecule has 2 heterocycles. The van der Waals surface area contributed by atoms with Crippen LogP contribution in [0.25, 0.3) is 11.4 Å². The summed E-state index contributed by atoms with van der Waals surface area (Å²) >= 11 is 6.06. The van der Waals surface area contributed by atoms with E-state index < -0.39 is 9.84 Å². The van der Waals surface area contributed by atoms with E-state index in [-0.39, 0.29) is 30.0 Å². The molecule has 1 N–H and O–H groups in total. The lowest BCUT2D eigenvalue weighted by atomic mass is 10.2. The molecule has 8 nitrogen and oxygen atoms in total. The second kappa shape index (κ2) is 6.25. The number of hydrogen-bond acceptors (Lipinski definition) is 6. The number of hydrogen-bond donors (Lipinski definition) is 1. The summed E-state index contributed by atoms with van der Waals surface area (Å²) < 4.78 is 22.7. The van der Waals surface area contributed by atoms with E-state index in [1.54, 1.807) is 24.3 Å². The van der Waals surface area contributed by atoms with Crippen molar-refractivity contribution in [2.24, 2.45) is 0 Å². The van der Waals surface area contributed by atoms with E-state index in [0.29, 0.717) is 22.8 Å². The van der Waals surface area contributed by atoms with E-state index in [9.17, 15) is 13.2 Å². The molecule has 2 aromatic rings. The third-order valence-corrected chi connectivity index (χ3v) is 5.55. The Labute approximate surface area is 137 Å². The molecule has 0 bridgehead atoms. The van der Waals surface area contributed by atoms with Crippen LogP contribution in [0.4, 0.5) is 0 Å². The van der Waals surface area contributed by atoms with Gasteiger partial charge < -0.3 is 5.32 Å². The van der Waals surface area contributed by atoms with E-state index >= 15 is 0 Å². The molecule has 0 radical (unpaired) electrons. The molecule has 10 heteroatoms. The van der Waals surface area contributed by atoms with Gasteiger partial charge in [0, 0.05) is 11.6 Å². The average molecular weight is 356 g/mol. The van der Waals surface area contributed by atoms with E-state index in [4.69, 9.17) is 11.6 Å². The van der Waals surface area contributed by atoms with Gasteiger partial charge in [0.05, 0.1) is 16.5 Å². The van der Waals surface area contributed by atoms with Crippen LogP contribution in [0.15, 0.2) is 24.3 Å². The van der Waals surface area contributed by atoms with Crippen molar-refractivity contribution in [1.82, 2.24) is 25.5 Å². The van der Waals surface area contributed by atoms with Crippen molar-refractivity contribution < 1.29 is 13.2 Å². The zero-order chi connectivity index (χ0) is 16.4. The van der Waals surface area contributed by atoms with Gasteiger partial charge in [-0.15, -0.1) is 10.2 Å². The zero-order valence-electron chi connectivity index (χ0n) is 12.0. The van der Waals surface area contributed by atoms with Gasteiger partial charge in [-0.25, -0.2) is 8.42 Å². The van der Waals surface area contributed by atoms with Gasteiger partial charge in [-0.1, -0.05) is 23.7 Å². The summed E-state index contributed by atoms with van der Waals surface area (Å²) in [7, 11) is -3.03. The number of aromatic nitrogens is 4. The fraction of sp³-hybridized carbons (Fsp3) is 0.385. The maximum absolute atomic E-state index is 11.9. The quantitative estimate of drug-likeness (QED) is 0.845. The second-order valence-electron chi connectivity index (χ2n) is 5.29. The zero-order valence-corrected chi connectivity index (χ0v) is 13.6. The number of sulfone groups is 1. The lowest BCUT2D eigenvalue weighted by Gasteiger charge is -2.09.